The second-order valence-electron chi connectivity index (χ2n) is 3.05. The fourth-order valence-electron chi connectivity index (χ4n) is 1.04. The molecule has 0 unspecified atom stereocenters. The summed E-state index contributed by atoms with van der Waals surface area (Å²) in [5.41, 5.74) is 2.67. The third-order valence-electron chi connectivity index (χ3n) is 1.82. The smallest absolute Gasteiger partial charge is 0.0186 e. The normalized spacial score (nSPS) is 9.83. The standard InChI is InChI=1S/C11H14S/c1-9-3-6-11(7-4-9)8-5-10(2)12/h3-4,6-7,12H,2,5,8H2,1H3. The Hall–Kier alpha value is -0.690. The molecule has 0 amide bonds. The molecule has 1 aromatic rings. The molecule has 0 saturated heterocycles. The summed E-state index contributed by atoms with van der Waals surface area (Å²) in [4.78, 5) is 0.954. The van der Waals surface area contributed by atoms with Crippen LogP contribution in [0.5, 0.6) is 0 Å². The average Bonchev–Trinajstić information content (AvgIpc) is 2.03. The molecule has 1 rings (SSSR count). The average molecular weight is 178 g/mol. The number of benzene rings is 1. The Morgan fingerprint density at radius 2 is 1.92 bits per heavy atom. The molecule has 0 aliphatic carbocycles. The molecule has 0 heterocycles. The summed E-state index contributed by atoms with van der Waals surface area (Å²) in [5, 5.41) is 0. The van der Waals surface area contributed by atoms with Gasteiger partial charge in [-0.15, -0.1) is 12.6 Å². The van der Waals surface area contributed by atoms with Gasteiger partial charge < -0.3 is 0 Å². The predicted molar refractivity (Wildman–Crippen MR) is 57.6 cm³/mol. The van der Waals surface area contributed by atoms with E-state index in [0.29, 0.717) is 0 Å². The van der Waals surface area contributed by atoms with Crippen molar-refractivity contribution in [1.82, 2.24) is 0 Å². The Morgan fingerprint density at radius 1 is 1.33 bits per heavy atom. The van der Waals surface area contributed by atoms with Crippen molar-refractivity contribution in [2.45, 2.75) is 19.8 Å². The van der Waals surface area contributed by atoms with Crippen molar-refractivity contribution < 1.29 is 0 Å². The molecular weight excluding hydrogens is 164 g/mol. The minimum Gasteiger partial charge on any atom is -0.148 e. The van der Waals surface area contributed by atoms with Gasteiger partial charge in [0.1, 0.15) is 0 Å². The van der Waals surface area contributed by atoms with Crippen LogP contribution in [0.2, 0.25) is 0 Å². The van der Waals surface area contributed by atoms with Crippen LogP contribution in [0.1, 0.15) is 17.5 Å². The number of rotatable bonds is 3. The number of hydrogen-bond acceptors (Lipinski definition) is 1. The first-order valence-electron chi connectivity index (χ1n) is 4.11. The second-order valence-corrected chi connectivity index (χ2v) is 3.68. The van der Waals surface area contributed by atoms with E-state index in [1.807, 2.05) is 0 Å². The molecule has 0 nitrogen and oxygen atoms in total. The lowest BCUT2D eigenvalue weighted by atomic mass is 10.1. The third kappa shape index (κ3) is 3.14. The van der Waals surface area contributed by atoms with E-state index in [1.54, 1.807) is 0 Å². The first-order valence-corrected chi connectivity index (χ1v) is 4.55. The van der Waals surface area contributed by atoms with Crippen LogP contribution in [0.15, 0.2) is 35.7 Å². The van der Waals surface area contributed by atoms with Gasteiger partial charge >= 0.3 is 0 Å². The summed E-state index contributed by atoms with van der Waals surface area (Å²) in [5.74, 6) is 0. The fourth-order valence-corrected chi connectivity index (χ4v) is 1.16. The lowest BCUT2D eigenvalue weighted by Gasteiger charge is -2.00. The molecule has 0 saturated carbocycles. The van der Waals surface area contributed by atoms with Crippen LogP contribution in [-0.4, -0.2) is 0 Å². The molecule has 0 aliphatic rings. The molecule has 0 N–H and O–H groups in total. The fraction of sp³-hybridized carbons (Fsp3) is 0.273. The van der Waals surface area contributed by atoms with Crippen LogP contribution < -0.4 is 0 Å². The van der Waals surface area contributed by atoms with Crippen LogP contribution in [0.4, 0.5) is 0 Å². The van der Waals surface area contributed by atoms with E-state index in [9.17, 15) is 0 Å². The minimum atomic E-state index is 0.954. The monoisotopic (exact) mass is 178 g/mol. The summed E-state index contributed by atoms with van der Waals surface area (Å²) >= 11 is 4.15. The molecule has 0 bridgehead atoms. The van der Waals surface area contributed by atoms with Gasteiger partial charge in [0, 0.05) is 0 Å². The van der Waals surface area contributed by atoms with Crippen molar-refractivity contribution in [3.63, 3.8) is 0 Å². The van der Waals surface area contributed by atoms with E-state index in [4.69, 9.17) is 0 Å². The van der Waals surface area contributed by atoms with Gasteiger partial charge in [-0.1, -0.05) is 36.4 Å². The second kappa shape index (κ2) is 4.36. The van der Waals surface area contributed by atoms with Crippen molar-refractivity contribution in [2.75, 3.05) is 0 Å². The van der Waals surface area contributed by atoms with Gasteiger partial charge in [-0.25, -0.2) is 0 Å². The molecule has 12 heavy (non-hydrogen) atoms. The number of aryl methyl sites for hydroxylation is 2. The molecule has 0 spiro atoms. The number of thiol groups is 1. The molecule has 1 heteroatoms. The SMILES string of the molecule is C=C(S)CCc1ccc(C)cc1. The molecular formula is C11H14S. The molecule has 64 valence electrons. The molecule has 0 radical (unpaired) electrons. The van der Waals surface area contributed by atoms with Crippen LogP contribution in [0.25, 0.3) is 0 Å². The van der Waals surface area contributed by atoms with E-state index < -0.39 is 0 Å². The first-order chi connectivity index (χ1) is 5.68. The Labute approximate surface area is 79.7 Å². The Morgan fingerprint density at radius 3 is 2.42 bits per heavy atom. The van der Waals surface area contributed by atoms with E-state index in [2.05, 4.69) is 50.4 Å². The lowest BCUT2D eigenvalue weighted by Crippen LogP contribution is -1.84. The summed E-state index contributed by atoms with van der Waals surface area (Å²) in [6.45, 7) is 5.85. The highest BCUT2D eigenvalue weighted by molar-refractivity contribution is 7.84. The Kier molecular flexibility index (Phi) is 3.42. The Balaban J connectivity index is 2.53. The third-order valence-corrected chi connectivity index (χ3v) is 2.05. The van der Waals surface area contributed by atoms with Crippen molar-refractivity contribution in [3.05, 3.63) is 46.9 Å². The summed E-state index contributed by atoms with van der Waals surface area (Å²) in [7, 11) is 0. The maximum absolute atomic E-state index is 4.15. The summed E-state index contributed by atoms with van der Waals surface area (Å²) < 4.78 is 0. The topological polar surface area (TPSA) is 0 Å². The predicted octanol–water partition coefficient (Wildman–Crippen LogP) is 3.37. The zero-order valence-electron chi connectivity index (χ0n) is 7.38. The van der Waals surface area contributed by atoms with Gasteiger partial charge in [0.25, 0.3) is 0 Å². The van der Waals surface area contributed by atoms with Gasteiger partial charge in [-0.2, -0.15) is 0 Å². The van der Waals surface area contributed by atoms with Gasteiger partial charge in [0.05, 0.1) is 0 Å². The van der Waals surface area contributed by atoms with Gasteiger partial charge in [-0.05, 0) is 30.2 Å². The highest BCUT2D eigenvalue weighted by Crippen LogP contribution is 2.10. The van der Waals surface area contributed by atoms with Crippen LogP contribution in [-0.2, 0) is 6.42 Å². The molecule has 1 aromatic carbocycles. The van der Waals surface area contributed by atoms with Crippen LogP contribution in [0, 0.1) is 6.92 Å². The zero-order chi connectivity index (χ0) is 8.97. The van der Waals surface area contributed by atoms with Crippen molar-refractivity contribution in [1.29, 1.82) is 0 Å². The zero-order valence-corrected chi connectivity index (χ0v) is 8.27. The molecule has 0 atom stereocenters. The highest BCUT2D eigenvalue weighted by Gasteiger charge is 1.92. The van der Waals surface area contributed by atoms with Crippen molar-refractivity contribution in [3.8, 4) is 0 Å². The summed E-state index contributed by atoms with van der Waals surface area (Å²) in [6.07, 6.45) is 2.01. The maximum atomic E-state index is 4.15. The van der Waals surface area contributed by atoms with E-state index in [-0.39, 0.29) is 0 Å². The quantitative estimate of drug-likeness (QED) is 0.674. The van der Waals surface area contributed by atoms with Crippen LogP contribution >= 0.6 is 12.6 Å². The maximum Gasteiger partial charge on any atom is -0.0186 e. The van der Waals surface area contributed by atoms with E-state index >= 15 is 0 Å². The number of allylic oxidation sites excluding steroid dienone is 1. The van der Waals surface area contributed by atoms with Gasteiger partial charge in [-0.3, -0.25) is 0 Å². The largest absolute Gasteiger partial charge is 0.148 e. The number of hydrogen-bond donors (Lipinski definition) is 1. The van der Waals surface area contributed by atoms with Crippen molar-refractivity contribution in [2.24, 2.45) is 0 Å². The molecule has 0 aromatic heterocycles. The highest BCUT2D eigenvalue weighted by atomic mass is 32.1. The molecule has 0 aliphatic heterocycles. The van der Waals surface area contributed by atoms with Crippen molar-refractivity contribution >= 4 is 12.6 Å². The van der Waals surface area contributed by atoms with Gasteiger partial charge in [0.2, 0.25) is 0 Å². The summed E-state index contributed by atoms with van der Waals surface area (Å²) in [6, 6.07) is 8.59. The molecule has 0 fully saturated rings. The Bertz CT molecular complexity index is 259. The first kappa shape index (κ1) is 9.40. The van der Waals surface area contributed by atoms with E-state index in [1.165, 1.54) is 11.1 Å². The lowest BCUT2D eigenvalue weighted by molar-refractivity contribution is 0.992. The van der Waals surface area contributed by atoms with Gasteiger partial charge in [0.15, 0.2) is 0 Å². The van der Waals surface area contributed by atoms with Crippen LogP contribution in [0.3, 0.4) is 0 Å². The minimum absolute atomic E-state index is 0.954. The van der Waals surface area contributed by atoms with E-state index in [0.717, 1.165) is 17.7 Å².